The molecule has 0 unspecified atom stereocenters. The normalized spacial score (nSPS) is 11.3. The molecule has 2 heterocycles. The highest BCUT2D eigenvalue weighted by Gasteiger charge is 2.13. The van der Waals surface area contributed by atoms with E-state index < -0.39 is 4.92 Å². The number of hydrogen-bond donors (Lipinski definition) is 0. The quantitative estimate of drug-likeness (QED) is 0.393. The van der Waals surface area contributed by atoms with E-state index in [1.165, 1.54) is 12.1 Å². The smallest absolute Gasteiger partial charge is 0.269 e. The molecule has 0 saturated carbocycles. The molecule has 3 rings (SSSR count). The monoisotopic (exact) mass is 350 g/mol. The Morgan fingerprint density at radius 1 is 1.36 bits per heavy atom. The maximum atomic E-state index is 10.8. The summed E-state index contributed by atoms with van der Waals surface area (Å²) < 4.78 is 2.04. The van der Waals surface area contributed by atoms with Crippen molar-refractivity contribution in [1.82, 2.24) is 9.55 Å². The molecule has 0 bridgehead atoms. The number of aromatic nitrogens is 2. The van der Waals surface area contributed by atoms with E-state index >= 15 is 0 Å². The van der Waals surface area contributed by atoms with Gasteiger partial charge in [0.15, 0.2) is 5.13 Å². The Labute approximate surface area is 148 Å². The maximum Gasteiger partial charge on any atom is 0.269 e. The lowest BCUT2D eigenvalue weighted by molar-refractivity contribution is -0.384. The minimum absolute atomic E-state index is 0.00277. The number of nitro benzene ring substituents is 1. The third kappa shape index (κ3) is 3.20. The highest BCUT2D eigenvalue weighted by atomic mass is 32.1. The first kappa shape index (κ1) is 16.6. The summed E-state index contributed by atoms with van der Waals surface area (Å²) in [5.74, 6) is 0. The molecular weight excluding hydrogens is 336 g/mol. The van der Waals surface area contributed by atoms with Crippen molar-refractivity contribution in [1.29, 1.82) is 5.26 Å². The molecule has 0 amide bonds. The van der Waals surface area contributed by atoms with Crippen molar-refractivity contribution in [2.24, 2.45) is 0 Å². The average Bonchev–Trinajstić information content (AvgIpc) is 3.21. The number of benzene rings is 1. The van der Waals surface area contributed by atoms with Crippen LogP contribution in [0.4, 0.5) is 5.69 Å². The van der Waals surface area contributed by atoms with E-state index in [1.807, 2.05) is 29.9 Å². The third-order valence-electron chi connectivity index (χ3n) is 3.89. The Kier molecular flexibility index (Phi) is 4.46. The SMILES string of the molecule is Cc1cc(/C=C(\C#N)c2ccc([N+](=O)[O-])cc2)c(C)n1-c1nccs1. The van der Waals surface area contributed by atoms with Crippen LogP contribution in [0.15, 0.2) is 41.9 Å². The van der Waals surface area contributed by atoms with Crippen LogP contribution in [0.3, 0.4) is 0 Å². The van der Waals surface area contributed by atoms with Gasteiger partial charge in [0.25, 0.3) is 5.69 Å². The average molecular weight is 350 g/mol. The van der Waals surface area contributed by atoms with Crippen LogP contribution < -0.4 is 0 Å². The third-order valence-corrected chi connectivity index (χ3v) is 4.65. The second kappa shape index (κ2) is 6.71. The van der Waals surface area contributed by atoms with E-state index in [0.29, 0.717) is 11.1 Å². The summed E-state index contributed by atoms with van der Waals surface area (Å²) in [4.78, 5) is 14.6. The van der Waals surface area contributed by atoms with Gasteiger partial charge in [-0.1, -0.05) is 0 Å². The number of hydrogen-bond acceptors (Lipinski definition) is 5. The van der Waals surface area contributed by atoms with E-state index in [4.69, 9.17) is 0 Å². The molecule has 0 aliphatic carbocycles. The summed E-state index contributed by atoms with van der Waals surface area (Å²) in [6, 6.07) is 10.2. The molecule has 0 N–H and O–H groups in total. The van der Waals surface area contributed by atoms with Crippen LogP contribution in [0.2, 0.25) is 0 Å². The zero-order valence-corrected chi connectivity index (χ0v) is 14.4. The van der Waals surface area contributed by atoms with Gasteiger partial charge in [-0.2, -0.15) is 5.26 Å². The molecular formula is C18H14N4O2S. The van der Waals surface area contributed by atoms with Crippen LogP contribution in [0.25, 0.3) is 16.8 Å². The number of nitro groups is 1. The van der Waals surface area contributed by atoms with Crippen LogP contribution >= 0.6 is 11.3 Å². The van der Waals surface area contributed by atoms with Gasteiger partial charge in [-0.15, -0.1) is 11.3 Å². The van der Waals surface area contributed by atoms with Crippen molar-refractivity contribution >= 4 is 28.7 Å². The molecule has 124 valence electrons. The van der Waals surface area contributed by atoms with Crippen molar-refractivity contribution in [3.05, 3.63) is 74.5 Å². The molecule has 25 heavy (non-hydrogen) atoms. The van der Waals surface area contributed by atoms with Crippen molar-refractivity contribution < 1.29 is 4.92 Å². The second-order valence-electron chi connectivity index (χ2n) is 5.45. The number of rotatable bonds is 4. The lowest BCUT2D eigenvalue weighted by atomic mass is 10.0. The molecule has 0 atom stereocenters. The number of thiazole rings is 1. The van der Waals surface area contributed by atoms with Gasteiger partial charge in [0.1, 0.15) is 0 Å². The van der Waals surface area contributed by atoms with Gasteiger partial charge in [0, 0.05) is 35.1 Å². The first-order chi connectivity index (χ1) is 12.0. The largest absolute Gasteiger partial charge is 0.294 e. The summed E-state index contributed by atoms with van der Waals surface area (Å²) in [7, 11) is 0. The minimum Gasteiger partial charge on any atom is -0.294 e. The van der Waals surface area contributed by atoms with Gasteiger partial charge in [-0.25, -0.2) is 4.98 Å². The van der Waals surface area contributed by atoms with Crippen LogP contribution in [0, 0.1) is 35.3 Å². The summed E-state index contributed by atoms with van der Waals surface area (Å²) in [5, 5.41) is 23.1. The van der Waals surface area contributed by atoms with Crippen LogP contribution in [0.5, 0.6) is 0 Å². The van der Waals surface area contributed by atoms with E-state index in [-0.39, 0.29) is 5.69 Å². The lowest BCUT2D eigenvalue weighted by Crippen LogP contribution is -1.98. The van der Waals surface area contributed by atoms with Crippen molar-refractivity contribution in [2.45, 2.75) is 13.8 Å². The van der Waals surface area contributed by atoms with E-state index in [9.17, 15) is 15.4 Å². The Hall–Kier alpha value is -3.24. The number of allylic oxidation sites excluding steroid dienone is 1. The second-order valence-corrected chi connectivity index (χ2v) is 6.32. The predicted molar refractivity (Wildman–Crippen MR) is 97.5 cm³/mol. The zero-order chi connectivity index (χ0) is 18.0. The van der Waals surface area contributed by atoms with Crippen molar-refractivity contribution in [3.8, 4) is 11.2 Å². The number of nitrogens with zero attached hydrogens (tertiary/aromatic N) is 4. The Morgan fingerprint density at radius 2 is 2.08 bits per heavy atom. The molecule has 1 aromatic carbocycles. The van der Waals surface area contributed by atoms with Crippen molar-refractivity contribution in [3.63, 3.8) is 0 Å². The molecule has 0 spiro atoms. The van der Waals surface area contributed by atoms with Crippen LogP contribution in [0.1, 0.15) is 22.5 Å². The summed E-state index contributed by atoms with van der Waals surface area (Å²) in [5.41, 5.74) is 4.04. The molecule has 0 radical (unpaired) electrons. The van der Waals surface area contributed by atoms with Crippen LogP contribution in [-0.4, -0.2) is 14.5 Å². The summed E-state index contributed by atoms with van der Waals surface area (Å²) >= 11 is 1.55. The molecule has 7 heteroatoms. The molecule has 6 nitrogen and oxygen atoms in total. The Balaban J connectivity index is 2.02. The fraction of sp³-hybridized carbons (Fsp3) is 0.111. The van der Waals surface area contributed by atoms with Crippen molar-refractivity contribution in [2.75, 3.05) is 0 Å². The lowest BCUT2D eigenvalue weighted by Gasteiger charge is -2.05. The van der Waals surface area contributed by atoms with Gasteiger partial charge >= 0.3 is 0 Å². The van der Waals surface area contributed by atoms with Gasteiger partial charge in [0.05, 0.1) is 16.6 Å². The van der Waals surface area contributed by atoms with Gasteiger partial charge < -0.3 is 0 Å². The van der Waals surface area contributed by atoms with Gasteiger partial charge in [-0.05, 0) is 49.2 Å². The fourth-order valence-corrected chi connectivity index (χ4v) is 3.40. The van der Waals surface area contributed by atoms with Crippen LogP contribution in [-0.2, 0) is 0 Å². The highest BCUT2D eigenvalue weighted by Crippen LogP contribution is 2.26. The molecule has 0 fully saturated rings. The van der Waals surface area contributed by atoms with E-state index in [1.54, 1.807) is 35.7 Å². The topological polar surface area (TPSA) is 84.7 Å². The molecule has 2 aromatic heterocycles. The first-order valence-corrected chi connectivity index (χ1v) is 8.34. The Bertz CT molecular complexity index is 993. The summed E-state index contributed by atoms with van der Waals surface area (Å²) in [6.07, 6.45) is 3.56. The molecule has 0 aliphatic rings. The molecule has 0 saturated heterocycles. The zero-order valence-electron chi connectivity index (χ0n) is 13.6. The summed E-state index contributed by atoms with van der Waals surface area (Å²) in [6.45, 7) is 3.97. The minimum atomic E-state index is -0.457. The van der Waals surface area contributed by atoms with Gasteiger partial charge in [0.2, 0.25) is 0 Å². The maximum absolute atomic E-state index is 10.8. The number of nitriles is 1. The number of non-ortho nitro benzene ring substituents is 1. The van der Waals surface area contributed by atoms with E-state index in [0.717, 1.165) is 22.1 Å². The first-order valence-electron chi connectivity index (χ1n) is 7.46. The highest BCUT2D eigenvalue weighted by molar-refractivity contribution is 7.12. The fourth-order valence-electron chi connectivity index (χ4n) is 2.65. The Morgan fingerprint density at radius 3 is 2.64 bits per heavy atom. The molecule has 0 aliphatic heterocycles. The predicted octanol–water partition coefficient (Wildman–Crippen LogP) is 4.52. The number of aryl methyl sites for hydroxylation is 1. The standard InChI is InChI=1S/C18H14N4O2S/c1-12-9-15(13(2)21(12)18-20-7-8-25-18)10-16(11-19)14-3-5-17(6-4-14)22(23)24/h3-10H,1-2H3/b16-10+. The van der Waals surface area contributed by atoms with Gasteiger partial charge in [-0.3, -0.25) is 14.7 Å². The molecule has 3 aromatic rings. The van der Waals surface area contributed by atoms with E-state index in [2.05, 4.69) is 11.1 Å².